The Balaban J connectivity index is 0.000000493. The summed E-state index contributed by atoms with van der Waals surface area (Å²) in [5.74, 6) is 0. The Morgan fingerprint density at radius 2 is 1.81 bits per heavy atom. The molecule has 3 N–H and O–H groups in total. The lowest BCUT2D eigenvalue weighted by molar-refractivity contribution is -0.108. The van der Waals surface area contributed by atoms with Gasteiger partial charge < -0.3 is 30.1 Å². The second-order valence-electron chi connectivity index (χ2n) is 8.58. The third kappa shape index (κ3) is 12.6. The van der Waals surface area contributed by atoms with Gasteiger partial charge in [0.1, 0.15) is 25.2 Å². The Hall–Kier alpha value is -1.37. The summed E-state index contributed by atoms with van der Waals surface area (Å²) in [5, 5.41) is 9.28. The molecule has 6 nitrogen and oxygen atoms in total. The molecule has 0 spiro atoms. The van der Waals surface area contributed by atoms with Crippen LogP contribution in [0.3, 0.4) is 0 Å². The number of aliphatic hydroxyl groups is 1. The van der Waals surface area contributed by atoms with E-state index in [9.17, 15) is 14.7 Å². The predicted molar refractivity (Wildman–Crippen MR) is 132 cm³/mol. The van der Waals surface area contributed by atoms with Crippen molar-refractivity contribution in [1.82, 2.24) is 4.90 Å². The molecule has 32 heavy (non-hydrogen) atoms. The van der Waals surface area contributed by atoms with Gasteiger partial charge in [-0.3, -0.25) is 0 Å². The maximum Gasteiger partial charge on any atom is 0.130 e. The van der Waals surface area contributed by atoms with Gasteiger partial charge in [-0.05, 0) is 44.7 Å². The second kappa shape index (κ2) is 20.3. The number of aliphatic hydroxyl groups excluding tert-OH is 1. The lowest BCUT2D eigenvalue weighted by Gasteiger charge is -2.29. The fraction of sp³-hybridized carbons (Fsp3) is 0.808. The molecule has 2 heterocycles. The summed E-state index contributed by atoms with van der Waals surface area (Å²) in [6, 6.07) is 0.490. The standard InChI is InChI=1S/C13H23NO.C8H18NO.C5H8O2/c1-3-5-8-12-11(4-2)14-10-7-6-9-13(14)15-12;1-3-5-6-8(10)7(9)4-2;6-4-2-1-3-5-7/h7,10-13H,3-6,8-9H2,1-2H3;7-8,10H,2-6,9H2,1H3;4-5H,1-3H2/q;+1;. The molecule has 0 aromatic rings. The van der Waals surface area contributed by atoms with E-state index >= 15 is 0 Å². The minimum absolute atomic E-state index is 0.133. The highest BCUT2D eigenvalue weighted by atomic mass is 16.5. The average Bonchev–Trinajstić information content (AvgIpc) is 3.19. The first-order valence-electron chi connectivity index (χ1n) is 12.7. The van der Waals surface area contributed by atoms with Crippen LogP contribution in [0.15, 0.2) is 12.3 Å². The Kier molecular flexibility index (Phi) is 19.4. The van der Waals surface area contributed by atoms with Crippen molar-refractivity contribution in [1.29, 1.82) is 0 Å². The zero-order chi connectivity index (χ0) is 24.2. The van der Waals surface area contributed by atoms with Gasteiger partial charge in [-0.25, -0.2) is 0 Å². The lowest BCUT2D eigenvalue weighted by Crippen LogP contribution is -2.35. The summed E-state index contributed by atoms with van der Waals surface area (Å²) in [6.45, 7) is 10.3. The fourth-order valence-electron chi connectivity index (χ4n) is 3.87. The van der Waals surface area contributed by atoms with Crippen molar-refractivity contribution in [3.05, 3.63) is 19.2 Å². The van der Waals surface area contributed by atoms with E-state index in [1.165, 1.54) is 38.5 Å². The molecule has 5 unspecified atom stereocenters. The smallest absolute Gasteiger partial charge is 0.130 e. The van der Waals surface area contributed by atoms with Crippen LogP contribution in [0.25, 0.3) is 0 Å². The molecular weight excluding hydrogens is 404 g/mol. The van der Waals surface area contributed by atoms with Crippen molar-refractivity contribution in [2.24, 2.45) is 5.73 Å². The van der Waals surface area contributed by atoms with Crippen molar-refractivity contribution in [2.45, 2.75) is 135 Å². The van der Waals surface area contributed by atoms with Crippen molar-refractivity contribution in [3.63, 3.8) is 0 Å². The maximum atomic E-state index is 9.56. The summed E-state index contributed by atoms with van der Waals surface area (Å²) < 4.78 is 6.15. The molecule has 0 amide bonds. The van der Waals surface area contributed by atoms with Gasteiger partial charge in [0.2, 0.25) is 0 Å². The third-order valence-electron chi connectivity index (χ3n) is 5.92. The molecule has 1 saturated heterocycles. The Labute approximate surface area is 197 Å². The maximum absolute atomic E-state index is 9.56. The number of allylic oxidation sites excluding steroid dienone is 1. The van der Waals surface area contributed by atoms with Gasteiger partial charge in [0.15, 0.2) is 0 Å². The van der Waals surface area contributed by atoms with Gasteiger partial charge >= 0.3 is 0 Å². The van der Waals surface area contributed by atoms with Crippen LogP contribution in [-0.4, -0.2) is 53.1 Å². The molecule has 0 aromatic heterocycles. The summed E-state index contributed by atoms with van der Waals surface area (Å²) in [5.41, 5.74) is 5.54. The van der Waals surface area contributed by atoms with E-state index in [2.05, 4.69) is 44.9 Å². The van der Waals surface area contributed by atoms with Crippen LogP contribution >= 0.6 is 0 Å². The largest absolute Gasteiger partial charge is 0.391 e. The van der Waals surface area contributed by atoms with Gasteiger partial charge in [-0.2, -0.15) is 0 Å². The van der Waals surface area contributed by atoms with Crippen molar-refractivity contribution < 1.29 is 19.4 Å². The van der Waals surface area contributed by atoms with E-state index in [-0.39, 0.29) is 12.1 Å². The van der Waals surface area contributed by atoms with Crippen LogP contribution in [0.1, 0.15) is 104 Å². The molecule has 5 atom stereocenters. The van der Waals surface area contributed by atoms with E-state index in [1.54, 1.807) is 0 Å². The Morgan fingerprint density at radius 1 is 1.16 bits per heavy atom. The summed E-state index contributed by atoms with van der Waals surface area (Å²) in [7, 11) is 0. The van der Waals surface area contributed by atoms with Crippen LogP contribution < -0.4 is 5.73 Å². The second-order valence-corrected chi connectivity index (χ2v) is 8.58. The van der Waals surface area contributed by atoms with E-state index in [0.717, 1.165) is 31.8 Å². The van der Waals surface area contributed by atoms with E-state index in [1.807, 2.05) is 0 Å². The highest BCUT2D eigenvalue weighted by Crippen LogP contribution is 2.33. The number of nitrogens with two attached hydrogens (primary N) is 1. The Morgan fingerprint density at radius 3 is 2.34 bits per heavy atom. The molecule has 186 valence electrons. The number of unbranched alkanes of at least 4 members (excludes halogenated alkanes) is 4. The first kappa shape index (κ1) is 30.6. The SMILES string of the molecule is CCCCC1OC2CCC=CN2C1CC.O=CCCCC=O.[CH2+]CC(N)C(O)CCCC. The molecule has 2 aliphatic heterocycles. The summed E-state index contributed by atoms with van der Waals surface area (Å²) in [4.78, 5) is 21.6. The third-order valence-corrected chi connectivity index (χ3v) is 5.92. The highest BCUT2D eigenvalue weighted by molar-refractivity contribution is 5.52. The molecule has 0 radical (unpaired) electrons. The predicted octanol–water partition coefficient (Wildman–Crippen LogP) is 4.93. The topological polar surface area (TPSA) is 92.9 Å². The molecule has 0 aliphatic carbocycles. The molecule has 0 saturated carbocycles. The van der Waals surface area contributed by atoms with Crippen molar-refractivity contribution in [3.8, 4) is 0 Å². The van der Waals surface area contributed by atoms with Crippen LogP contribution in [-0.2, 0) is 14.3 Å². The number of carbonyl (C=O) groups excluding carboxylic acids is 2. The van der Waals surface area contributed by atoms with Crippen molar-refractivity contribution in [2.75, 3.05) is 0 Å². The summed E-state index contributed by atoms with van der Waals surface area (Å²) in [6.07, 6.45) is 19.4. The average molecular weight is 454 g/mol. The minimum atomic E-state index is -0.350. The monoisotopic (exact) mass is 453 g/mol. The first-order chi connectivity index (χ1) is 15.5. The number of carbonyl (C=O) groups is 2. The van der Waals surface area contributed by atoms with Gasteiger partial charge in [0, 0.05) is 12.8 Å². The molecule has 2 aliphatic rings. The number of hydrogen-bond donors (Lipinski definition) is 2. The quantitative estimate of drug-likeness (QED) is 0.233. The van der Waals surface area contributed by atoms with E-state index in [4.69, 9.17) is 10.5 Å². The number of rotatable bonds is 13. The van der Waals surface area contributed by atoms with E-state index in [0.29, 0.717) is 44.1 Å². The van der Waals surface area contributed by atoms with Crippen LogP contribution in [0.5, 0.6) is 0 Å². The molecule has 6 heteroatoms. The first-order valence-corrected chi connectivity index (χ1v) is 12.7. The molecular formula is C26H49N2O4+. The highest BCUT2D eigenvalue weighted by Gasteiger charge is 2.39. The zero-order valence-corrected chi connectivity index (χ0v) is 20.8. The lowest BCUT2D eigenvalue weighted by atomic mass is 10.0. The van der Waals surface area contributed by atoms with Crippen LogP contribution in [0.4, 0.5) is 0 Å². The van der Waals surface area contributed by atoms with Crippen LogP contribution in [0, 0.1) is 6.92 Å². The Bertz CT molecular complexity index is 478. The normalized spacial score (nSPS) is 23.2. The molecule has 0 aromatic carbocycles. The zero-order valence-electron chi connectivity index (χ0n) is 20.8. The van der Waals surface area contributed by atoms with Gasteiger partial charge in [-0.15, -0.1) is 0 Å². The number of ether oxygens (including phenoxy) is 1. The summed E-state index contributed by atoms with van der Waals surface area (Å²) >= 11 is 0. The molecule has 1 fully saturated rings. The van der Waals surface area contributed by atoms with Gasteiger partial charge in [0.25, 0.3) is 0 Å². The molecule has 0 bridgehead atoms. The fourth-order valence-corrected chi connectivity index (χ4v) is 3.87. The van der Waals surface area contributed by atoms with E-state index < -0.39 is 0 Å². The van der Waals surface area contributed by atoms with Gasteiger partial charge in [0.05, 0.1) is 31.2 Å². The molecule has 2 rings (SSSR count). The van der Waals surface area contributed by atoms with Gasteiger partial charge in [-0.1, -0.05) is 52.5 Å². The number of fused-ring (bicyclic) bond motifs is 1. The number of aldehydes is 2. The number of hydrogen-bond acceptors (Lipinski definition) is 6. The minimum Gasteiger partial charge on any atom is -0.391 e. The van der Waals surface area contributed by atoms with Crippen molar-refractivity contribution >= 4 is 12.6 Å². The van der Waals surface area contributed by atoms with Crippen LogP contribution in [0.2, 0.25) is 0 Å². The number of nitrogens with zero attached hydrogens (tertiary/aromatic N) is 1.